The molecule has 0 atom stereocenters. The zero-order valence-electron chi connectivity index (χ0n) is 13.7. The van der Waals surface area contributed by atoms with Crippen molar-refractivity contribution in [1.29, 1.82) is 0 Å². The lowest BCUT2D eigenvalue weighted by atomic mass is 10.0. The topological polar surface area (TPSA) is 90.8 Å². The van der Waals surface area contributed by atoms with Crippen LogP contribution in [0.15, 0.2) is 71.8 Å². The number of amides is 1. The molecule has 0 heterocycles. The van der Waals surface area contributed by atoms with Gasteiger partial charge in [0, 0.05) is 5.56 Å². The molecule has 0 radical (unpaired) electrons. The highest BCUT2D eigenvalue weighted by atomic mass is 16.5. The number of hydrogen-bond donors (Lipinski definition) is 1. The van der Waals surface area contributed by atoms with Crippen LogP contribution in [-0.2, 0) is 4.79 Å². The maximum absolute atomic E-state index is 12.3. The highest BCUT2D eigenvalue weighted by Gasteiger charge is 2.08. The number of carboxylic acids is 1. The minimum Gasteiger partial charge on any atom is -0.546 e. The first-order valence-electron chi connectivity index (χ1n) is 7.87. The van der Waals surface area contributed by atoms with Crippen LogP contribution in [0.25, 0.3) is 10.8 Å². The third kappa shape index (κ3) is 4.24. The number of rotatable bonds is 6. The number of carbonyl (C=O) groups excluding carboxylic acids is 2. The first kappa shape index (κ1) is 17.2. The molecule has 1 N–H and O–H groups in total. The fourth-order valence-corrected chi connectivity index (χ4v) is 2.44. The van der Waals surface area contributed by atoms with E-state index in [1.165, 1.54) is 6.21 Å². The standard InChI is InChI=1S/C20H16N2O4/c23-19(24)13-26-16-10-8-14(9-11-16)12-21-22-20(25)18-7-3-5-15-4-1-2-6-17(15)18/h1-12H,13H2,(H,22,25)(H,23,24)/p-1/b21-12-. The molecular formula is C20H15N2O4-. The van der Waals surface area contributed by atoms with Gasteiger partial charge in [-0.3, -0.25) is 4.79 Å². The fourth-order valence-electron chi connectivity index (χ4n) is 2.44. The zero-order valence-corrected chi connectivity index (χ0v) is 13.7. The molecule has 26 heavy (non-hydrogen) atoms. The number of benzene rings is 3. The van der Waals surface area contributed by atoms with Gasteiger partial charge >= 0.3 is 0 Å². The molecule has 0 aliphatic carbocycles. The summed E-state index contributed by atoms with van der Waals surface area (Å²) in [6.45, 7) is -0.505. The van der Waals surface area contributed by atoms with Gasteiger partial charge in [0.25, 0.3) is 5.91 Å². The van der Waals surface area contributed by atoms with Crippen LogP contribution in [0.5, 0.6) is 5.75 Å². The van der Waals surface area contributed by atoms with Crippen molar-refractivity contribution >= 4 is 28.9 Å². The third-order valence-corrected chi connectivity index (χ3v) is 3.65. The number of hydrogen-bond acceptors (Lipinski definition) is 5. The van der Waals surface area contributed by atoms with E-state index in [4.69, 9.17) is 4.74 Å². The van der Waals surface area contributed by atoms with E-state index in [1.54, 1.807) is 30.3 Å². The number of nitrogens with zero attached hydrogens (tertiary/aromatic N) is 1. The van der Waals surface area contributed by atoms with E-state index >= 15 is 0 Å². The van der Waals surface area contributed by atoms with Gasteiger partial charge in [-0.1, -0.05) is 36.4 Å². The van der Waals surface area contributed by atoms with Crippen molar-refractivity contribution in [2.24, 2.45) is 5.10 Å². The second kappa shape index (κ2) is 7.94. The van der Waals surface area contributed by atoms with Crippen molar-refractivity contribution in [2.75, 3.05) is 6.61 Å². The quantitative estimate of drug-likeness (QED) is 0.543. The van der Waals surface area contributed by atoms with Gasteiger partial charge in [0.15, 0.2) is 0 Å². The second-order valence-electron chi connectivity index (χ2n) is 5.46. The van der Waals surface area contributed by atoms with Crippen molar-refractivity contribution in [3.8, 4) is 5.75 Å². The highest BCUT2D eigenvalue weighted by Crippen LogP contribution is 2.18. The van der Waals surface area contributed by atoms with E-state index in [2.05, 4.69) is 10.5 Å². The monoisotopic (exact) mass is 347 g/mol. The lowest BCUT2D eigenvalue weighted by Gasteiger charge is -2.06. The SMILES string of the molecule is O=C([O-])COc1ccc(/C=N\NC(=O)c2cccc3ccccc23)cc1. The van der Waals surface area contributed by atoms with E-state index in [1.807, 2.05) is 36.4 Å². The predicted molar refractivity (Wildman–Crippen MR) is 96.0 cm³/mol. The summed E-state index contributed by atoms with van der Waals surface area (Å²) in [6, 6.07) is 19.8. The summed E-state index contributed by atoms with van der Waals surface area (Å²) in [5.41, 5.74) is 3.78. The Morgan fingerprint density at radius 3 is 2.50 bits per heavy atom. The van der Waals surface area contributed by atoms with Crippen LogP contribution in [0.1, 0.15) is 15.9 Å². The van der Waals surface area contributed by atoms with Crippen LogP contribution in [0.4, 0.5) is 0 Å². The predicted octanol–water partition coefficient (Wildman–Crippen LogP) is 1.73. The lowest BCUT2D eigenvalue weighted by Crippen LogP contribution is -2.28. The lowest BCUT2D eigenvalue weighted by molar-refractivity contribution is -0.307. The number of fused-ring (bicyclic) bond motifs is 1. The Morgan fingerprint density at radius 2 is 1.73 bits per heavy atom. The van der Waals surface area contributed by atoms with Crippen molar-refractivity contribution < 1.29 is 19.4 Å². The van der Waals surface area contributed by atoms with Crippen LogP contribution in [0, 0.1) is 0 Å². The minimum atomic E-state index is -1.29. The summed E-state index contributed by atoms with van der Waals surface area (Å²) in [6.07, 6.45) is 1.49. The molecule has 6 heteroatoms. The van der Waals surface area contributed by atoms with Crippen LogP contribution in [0.2, 0.25) is 0 Å². The van der Waals surface area contributed by atoms with Crippen LogP contribution in [0.3, 0.4) is 0 Å². The number of aliphatic carboxylic acids is 1. The normalized spacial score (nSPS) is 10.8. The highest BCUT2D eigenvalue weighted by molar-refractivity contribution is 6.07. The molecule has 3 rings (SSSR count). The van der Waals surface area contributed by atoms with Crippen molar-refractivity contribution in [2.45, 2.75) is 0 Å². The first-order chi connectivity index (χ1) is 12.6. The molecule has 130 valence electrons. The molecule has 0 saturated carbocycles. The van der Waals surface area contributed by atoms with Gasteiger partial charge in [0.05, 0.1) is 12.2 Å². The van der Waals surface area contributed by atoms with E-state index in [0.29, 0.717) is 11.3 Å². The van der Waals surface area contributed by atoms with Crippen LogP contribution in [-0.4, -0.2) is 24.7 Å². The molecule has 0 unspecified atom stereocenters. The average Bonchev–Trinajstić information content (AvgIpc) is 2.66. The van der Waals surface area contributed by atoms with Crippen molar-refractivity contribution in [3.05, 3.63) is 77.9 Å². The molecule has 0 saturated heterocycles. The first-order valence-corrected chi connectivity index (χ1v) is 7.87. The zero-order chi connectivity index (χ0) is 18.4. The van der Waals surface area contributed by atoms with Gasteiger partial charge in [0.2, 0.25) is 0 Å². The van der Waals surface area contributed by atoms with Gasteiger partial charge in [-0.2, -0.15) is 5.10 Å². The molecule has 1 amide bonds. The average molecular weight is 347 g/mol. The van der Waals surface area contributed by atoms with E-state index < -0.39 is 12.6 Å². The van der Waals surface area contributed by atoms with Gasteiger partial charge in [-0.05, 0) is 46.7 Å². The van der Waals surface area contributed by atoms with Crippen LogP contribution >= 0.6 is 0 Å². The molecule has 0 aliphatic heterocycles. The smallest absolute Gasteiger partial charge is 0.271 e. The summed E-state index contributed by atoms with van der Waals surface area (Å²) in [4.78, 5) is 22.7. The maximum Gasteiger partial charge on any atom is 0.271 e. The number of carbonyl (C=O) groups is 2. The fraction of sp³-hybridized carbons (Fsp3) is 0.0500. The summed E-state index contributed by atoms with van der Waals surface area (Å²) in [5.74, 6) is -1.18. The molecule has 0 spiro atoms. The largest absolute Gasteiger partial charge is 0.546 e. The Bertz CT molecular complexity index is 960. The van der Waals surface area contributed by atoms with Gasteiger partial charge in [0.1, 0.15) is 12.4 Å². The Balaban J connectivity index is 1.64. The van der Waals surface area contributed by atoms with E-state index in [0.717, 1.165) is 16.3 Å². The molecule has 0 aromatic heterocycles. The van der Waals surface area contributed by atoms with Crippen molar-refractivity contribution in [3.63, 3.8) is 0 Å². The second-order valence-corrected chi connectivity index (χ2v) is 5.46. The van der Waals surface area contributed by atoms with E-state index in [9.17, 15) is 14.7 Å². The Kier molecular flexibility index (Phi) is 5.24. The number of carboxylic acid groups (broad SMARTS) is 1. The minimum absolute atomic E-state index is 0.299. The number of nitrogens with one attached hydrogen (secondary N) is 1. The Hall–Kier alpha value is -3.67. The number of ether oxygens (including phenoxy) is 1. The molecule has 0 fully saturated rings. The Labute approximate surface area is 149 Å². The maximum atomic E-state index is 12.3. The summed E-state index contributed by atoms with van der Waals surface area (Å²) in [7, 11) is 0. The third-order valence-electron chi connectivity index (χ3n) is 3.65. The number of hydrazone groups is 1. The Morgan fingerprint density at radius 1 is 1.00 bits per heavy atom. The summed E-state index contributed by atoms with van der Waals surface area (Å²) in [5, 5.41) is 16.1. The van der Waals surface area contributed by atoms with Crippen molar-refractivity contribution in [1.82, 2.24) is 5.43 Å². The van der Waals surface area contributed by atoms with Gasteiger partial charge in [-0.25, -0.2) is 5.43 Å². The van der Waals surface area contributed by atoms with Gasteiger partial charge < -0.3 is 14.6 Å². The summed E-state index contributed by atoms with van der Waals surface area (Å²) < 4.78 is 4.99. The molecule has 3 aromatic rings. The van der Waals surface area contributed by atoms with Gasteiger partial charge in [-0.15, -0.1) is 0 Å². The molecular weight excluding hydrogens is 332 g/mol. The molecule has 6 nitrogen and oxygen atoms in total. The van der Waals surface area contributed by atoms with E-state index in [-0.39, 0.29) is 5.91 Å². The molecule has 3 aromatic carbocycles. The molecule has 0 bridgehead atoms. The molecule has 0 aliphatic rings. The summed E-state index contributed by atoms with van der Waals surface area (Å²) >= 11 is 0. The van der Waals surface area contributed by atoms with Crippen LogP contribution < -0.4 is 15.3 Å².